The van der Waals surface area contributed by atoms with Crippen LogP contribution in [0, 0.1) is 0 Å². The van der Waals surface area contributed by atoms with Gasteiger partial charge >= 0.3 is 5.69 Å². The molecule has 0 amide bonds. The monoisotopic (exact) mass is 340 g/mol. The maximum atomic E-state index is 11.9. The molecule has 106 valence electrons. The maximum absolute atomic E-state index is 11.9. The zero-order valence-corrected chi connectivity index (χ0v) is 12.3. The first kappa shape index (κ1) is 14.5. The van der Waals surface area contributed by atoms with E-state index in [1.54, 1.807) is 24.3 Å². The third-order valence-corrected chi connectivity index (χ3v) is 3.35. The number of aromatic nitrogens is 2. The number of aromatic amines is 1. The fraction of sp³-hybridized carbons (Fsp3) is 0.231. The number of benzene rings is 1. The second-order valence-electron chi connectivity index (χ2n) is 4.11. The first-order valence-corrected chi connectivity index (χ1v) is 6.65. The van der Waals surface area contributed by atoms with Crippen molar-refractivity contribution in [3.05, 3.63) is 49.6 Å². The van der Waals surface area contributed by atoms with Gasteiger partial charge in [0.2, 0.25) is 5.88 Å². The van der Waals surface area contributed by atoms with Crippen LogP contribution < -0.4 is 11.2 Å². The Morgan fingerprint density at radius 3 is 2.55 bits per heavy atom. The number of ether oxygens (including phenoxy) is 1. The molecule has 2 rings (SSSR count). The van der Waals surface area contributed by atoms with Gasteiger partial charge in [-0.3, -0.25) is 14.3 Å². The van der Waals surface area contributed by atoms with Crippen molar-refractivity contribution in [1.82, 2.24) is 9.55 Å². The molecule has 2 N–H and O–H groups in total. The van der Waals surface area contributed by atoms with Crippen LogP contribution in [0.5, 0.6) is 5.88 Å². The topological polar surface area (TPSA) is 84.3 Å². The number of halogens is 1. The Kier molecular flexibility index (Phi) is 4.41. The molecule has 6 nitrogen and oxygen atoms in total. The van der Waals surface area contributed by atoms with Crippen LogP contribution in [0.4, 0.5) is 0 Å². The summed E-state index contributed by atoms with van der Waals surface area (Å²) in [4.78, 5) is 25.8. The van der Waals surface area contributed by atoms with Gasteiger partial charge in [-0.25, -0.2) is 4.79 Å². The van der Waals surface area contributed by atoms with E-state index in [4.69, 9.17) is 4.74 Å². The average Bonchev–Trinajstić information content (AvgIpc) is 2.40. The number of H-pyrrole nitrogens is 1. The first-order chi connectivity index (χ1) is 9.54. The molecule has 0 radical (unpaired) electrons. The Morgan fingerprint density at radius 1 is 1.30 bits per heavy atom. The third-order valence-electron chi connectivity index (χ3n) is 2.82. The molecule has 0 saturated heterocycles. The van der Waals surface area contributed by atoms with Gasteiger partial charge in [-0.2, -0.15) is 0 Å². The lowest BCUT2D eigenvalue weighted by molar-refractivity contribution is 0.182. The molecule has 0 aliphatic heterocycles. The zero-order chi connectivity index (χ0) is 14.7. The average molecular weight is 341 g/mol. The van der Waals surface area contributed by atoms with E-state index in [2.05, 4.69) is 20.9 Å². The van der Waals surface area contributed by atoms with E-state index < -0.39 is 11.2 Å². The van der Waals surface area contributed by atoms with Crippen LogP contribution >= 0.6 is 15.9 Å². The van der Waals surface area contributed by atoms with Gasteiger partial charge in [0.25, 0.3) is 5.56 Å². The Morgan fingerprint density at radius 2 is 1.95 bits per heavy atom. The summed E-state index contributed by atoms with van der Waals surface area (Å²) in [5.41, 5.74) is -0.694. The minimum Gasteiger partial charge on any atom is -0.494 e. The molecule has 0 atom stereocenters. The normalized spacial score (nSPS) is 10.7. The molecule has 7 heteroatoms. The largest absolute Gasteiger partial charge is 0.494 e. The molecular weight excluding hydrogens is 328 g/mol. The van der Waals surface area contributed by atoms with Crippen LogP contribution in [0.15, 0.2) is 38.3 Å². The minimum atomic E-state index is -0.662. The van der Waals surface area contributed by atoms with Crippen LogP contribution in [-0.4, -0.2) is 28.4 Å². The van der Waals surface area contributed by atoms with Crippen molar-refractivity contribution in [1.29, 1.82) is 0 Å². The van der Waals surface area contributed by atoms with Gasteiger partial charge in [-0.1, -0.05) is 28.1 Å². The summed E-state index contributed by atoms with van der Waals surface area (Å²) < 4.78 is 6.80. The zero-order valence-electron chi connectivity index (χ0n) is 10.7. The summed E-state index contributed by atoms with van der Waals surface area (Å²) in [5.74, 6) is -0.363. The standard InChI is InChI=1S/C13H13BrN2O4/c1-20-7-6-16-12(18)10(11(17)15-13(16)19)8-2-4-9(14)5-3-8/h2-5,18H,6-7H2,1H3,(H,15,17,19). The van der Waals surface area contributed by atoms with Crippen molar-refractivity contribution in [2.24, 2.45) is 0 Å². The number of nitrogens with one attached hydrogen (secondary N) is 1. The Labute approximate surface area is 122 Å². The molecular formula is C13H13BrN2O4. The van der Waals surface area contributed by atoms with E-state index in [9.17, 15) is 14.7 Å². The van der Waals surface area contributed by atoms with Crippen LogP contribution in [0.2, 0.25) is 0 Å². The fourth-order valence-corrected chi connectivity index (χ4v) is 2.09. The Balaban J connectivity index is 2.61. The minimum absolute atomic E-state index is 0.0632. The molecule has 0 spiro atoms. The maximum Gasteiger partial charge on any atom is 0.331 e. The SMILES string of the molecule is COCCn1c(O)c(-c2ccc(Br)cc2)c(=O)[nH]c1=O. The number of methoxy groups -OCH3 is 1. The molecule has 20 heavy (non-hydrogen) atoms. The van der Waals surface area contributed by atoms with E-state index in [-0.39, 0.29) is 24.6 Å². The third kappa shape index (κ3) is 2.83. The lowest BCUT2D eigenvalue weighted by Gasteiger charge is -2.11. The van der Waals surface area contributed by atoms with Crippen molar-refractivity contribution in [3.63, 3.8) is 0 Å². The molecule has 0 unspecified atom stereocenters. The highest BCUT2D eigenvalue weighted by atomic mass is 79.9. The Hall–Kier alpha value is -1.86. The van der Waals surface area contributed by atoms with Crippen LogP contribution in [-0.2, 0) is 11.3 Å². The molecule has 0 aliphatic rings. The van der Waals surface area contributed by atoms with Crippen LogP contribution in [0.1, 0.15) is 0 Å². The summed E-state index contributed by atoms with van der Waals surface area (Å²) in [5, 5.41) is 10.2. The van der Waals surface area contributed by atoms with E-state index in [1.165, 1.54) is 7.11 Å². The van der Waals surface area contributed by atoms with Crippen LogP contribution in [0.25, 0.3) is 11.1 Å². The smallest absolute Gasteiger partial charge is 0.331 e. The van der Waals surface area contributed by atoms with Crippen molar-refractivity contribution < 1.29 is 9.84 Å². The quantitative estimate of drug-likeness (QED) is 0.879. The first-order valence-electron chi connectivity index (χ1n) is 5.85. The van der Waals surface area contributed by atoms with E-state index in [0.29, 0.717) is 5.56 Å². The molecule has 1 aromatic heterocycles. The van der Waals surface area contributed by atoms with Crippen molar-refractivity contribution >= 4 is 15.9 Å². The highest BCUT2D eigenvalue weighted by molar-refractivity contribution is 9.10. The highest BCUT2D eigenvalue weighted by Gasteiger charge is 2.15. The molecule has 0 bridgehead atoms. The predicted octanol–water partition coefficient (Wildman–Crippen LogP) is 1.32. The van der Waals surface area contributed by atoms with Gasteiger partial charge in [0.05, 0.1) is 13.2 Å². The summed E-state index contributed by atoms with van der Waals surface area (Å²) >= 11 is 3.30. The van der Waals surface area contributed by atoms with Gasteiger partial charge in [0.15, 0.2) is 0 Å². The van der Waals surface area contributed by atoms with E-state index in [1.807, 2.05) is 0 Å². The molecule has 2 aromatic rings. The summed E-state index contributed by atoms with van der Waals surface area (Å²) in [7, 11) is 1.49. The van der Waals surface area contributed by atoms with Crippen molar-refractivity contribution in [3.8, 4) is 17.0 Å². The van der Waals surface area contributed by atoms with Gasteiger partial charge in [0, 0.05) is 11.6 Å². The van der Waals surface area contributed by atoms with Gasteiger partial charge in [-0.05, 0) is 17.7 Å². The highest BCUT2D eigenvalue weighted by Crippen LogP contribution is 2.25. The number of aromatic hydroxyl groups is 1. The van der Waals surface area contributed by atoms with E-state index >= 15 is 0 Å². The second-order valence-corrected chi connectivity index (χ2v) is 5.02. The molecule has 0 aliphatic carbocycles. The second kappa shape index (κ2) is 6.06. The van der Waals surface area contributed by atoms with Crippen LogP contribution in [0.3, 0.4) is 0 Å². The Bertz CT molecular complexity index is 719. The van der Waals surface area contributed by atoms with Gasteiger partial charge < -0.3 is 9.84 Å². The lowest BCUT2D eigenvalue weighted by atomic mass is 10.1. The number of rotatable bonds is 4. The molecule has 1 aromatic carbocycles. The molecule has 0 saturated carbocycles. The van der Waals surface area contributed by atoms with E-state index in [0.717, 1.165) is 9.04 Å². The predicted molar refractivity (Wildman–Crippen MR) is 78.0 cm³/mol. The number of hydrogen-bond donors (Lipinski definition) is 2. The number of hydrogen-bond acceptors (Lipinski definition) is 4. The van der Waals surface area contributed by atoms with Crippen molar-refractivity contribution in [2.45, 2.75) is 6.54 Å². The fourth-order valence-electron chi connectivity index (χ4n) is 1.83. The molecule has 0 fully saturated rings. The lowest BCUT2D eigenvalue weighted by Crippen LogP contribution is -2.32. The molecule has 1 heterocycles. The van der Waals surface area contributed by atoms with Gasteiger partial charge in [0.1, 0.15) is 5.56 Å². The summed E-state index contributed by atoms with van der Waals surface area (Å²) in [6.45, 7) is 0.404. The van der Waals surface area contributed by atoms with Gasteiger partial charge in [-0.15, -0.1) is 0 Å². The van der Waals surface area contributed by atoms with Crippen molar-refractivity contribution in [2.75, 3.05) is 13.7 Å². The summed E-state index contributed by atoms with van der Waals surface area (Å²) in [6, 6.07) is 6.86. The summed E-state index contributed by atoms with van der Waals surface area (Å²) in [6.07, 6.45) is 0. The number of nitrogens with zero attached hydrogens (tertiary/aromatic N) is 1.